The highest BCUT2D eigenvalue weighted by Gasteiger charge is 2.37. The molecule has 1 atom stereocenters. The van der Waals surface area contributed by atoms with Gasteiger partial charge in [-0.15, -0.1) is 10.2 Å². The zero-order chi connectivity index (χ0) is 21.3. The first-order valence-electron chi connectivity index (χ1n) is 9.85. The molecule has 4 rings (SSSR count). The van der Waals surface area contributed by atoms with E-state index in [2.05, 4.69) is 39.0 Å². The Labute approximate surface area is 172 Å². The van der Waals surface area contributed by atoms with Gasteiger partial charge in [-0.05, 0) is 30.9 Å². The monoisotopic (exact) mass is 417 g/mol. The first kappa shape index (κ1) is 20.2. The fraction of sp³-hybridized carbons (Fsp3) is 0.450. The summed E-state index contributed by atoms with van der Waals surface area (Å²) < 4.78 is 42.7. The van der Waals surface area contributed by atoms with E-state index in [0.29, 0.717) is 18.2 Å². The maximum Gasteiger partial charge on any atom is 0.433 e. The molecule has 0 radical (unpaired) electrons. The smallest absolute Gasteiger partial charge is 0.346 e. The molecule has 0 spiro atoms. The van der Waals surface area contributed by atoms with Crippen molar-refractivity contribution in [2.75, 3.05) is 11.4 Å². The third-order valence-electron chi connectivity index (χ3n) is 4.95. The minimum atomic E-state index is -4.59. The van der Waals surface area contributed by atoms with Crippen molar-refractivity contribution in [2.24, 2.45) is 5.92 Å². The molecule has 30 heavy (non-hydrogen) atoms. The molecule has 0 saturated carbocycles. The lowest BCUT2D eigenvalue weighted by Gasteiger charge is -2.26. The van der Waals surface area contributed by atoms with Crippen molar-refractivity contribution in [1.82, 2.24) is 29.7 Å². The third-order valence-corrected chi connectivity index (χ3v) is 4.95. The number of hydrogen-bond donors (Lipinski definition) is 0. The van der Waals surface area contributed by atoms with E-state index in [0.717, 1.165) is 31.3 Å². The predicted molar refractivity (Wildman–Crippen MR) is 104 cm³/mol. The lowest BCUT2D eigenvalue weighted by Crippen LogP contribution is -2.27. The molecule has 10 heteroatoms. The molecule has 1 saturated heterocycles. The van der Waals surface area contributed by atoms with Crippen LogP contribution in [0.25, 0.3) is 11.5 Å². The van der Waals surface area contributed by atoms with E-state index in [4.69, 9.17) is 0 Å². The SMILES string of the molecule is CC(C)Cn1cnnc1C1CCCN1c1cc(C(F)(F)F)nc(-c2ccccn2)n1. The summed E-state index contributed by atoms with van der Waals surface area (Å²) in [5.41, 5.74) is -0.689. The van der Waals surface area contributed by atoms with Crippen molar-refractivity contribution >= 4 is 5.82 Å². The Morgan fingerprint density at radius 1 is 1.20 bits per heavy atom. The van der Waals surface area contributed by atoms with Crippen LogP contribution in [0.15, 0.2) is 36.8 Å². The summed E-state index contributed by atoms with van der Waals surface area (Å²) in [6, 6.07) is 5.79. The second-order valence-electron chi connectivity index (χ2n) is 7.73. The van der Waals surface area contributed by atoms with Crippen molar-refractivity contribution in [2.45, 2.75) is 45.5 Å². The number of hydrogen-bond acceptors (Lipinski definition) is 6. The van der Waals surface area contributed by atoms with Crippen LogP contribution < -0.4 is 4.90 Å². The average Bonchev–Trinajstić information content (AvgIpc) is 3.36. The molecule has 4 heterocycles. The highest BCUT2D eigenvalue weighted by atomic mass is 19.4. The Bertz CT molecular complexity index is 1000. The molecule has 3 aromatic rings. The number of anilines is 1. The number of aromatic nitrogens is 6. The number of alkyl halides is 3. The maximum atomic E-state index is 13.6. The second-order valence-corrected chi connectivity index (χ2v) is 7.73. The number of halogens is 3. The van der Waals surface area contributed by atoms with Crippen LogP contribution in [0.1, 0.15) is 44.2 Å². The average molecular weight is 417 g/mol. The Hall–Kier alpha value is -3.04. The Morgan fingerprint density at radius 3 is 2.73 bits per heavy atom. The van der Waals surface area contributed by atoms with Crippen molar-refractivity contribution in [3.8, 4) is 11.5 Å². The maximum absolute atomic E-state index is 13.6. The highest BCUT2D eigenvalue weighted by Crippen LogP contribution is 2.37. The van der Waals surface area contributed by atoms with Gasteiger partial charge in [0.2, 0.25) is 0 Å². The topological polar surface area (TPSA) is 72.6 Å². The van der Waals surface area contributed by atoms with E-state index in [-0.39, 0.29) is 17.7 Å². The molecule has 7 nitrogen and oxygen atoms in total. The molecule has 1 aliphatic rings. The molecule has 1 aliphatic heterocycles. The predicted octanol–water partition coefficient (Wildman–Crippen LogP) is 4.15. The van der Waals surface area contributed by atoms with Crippen LogP contribution in [-0.2, 0) is 12.7 Å². The van der Waals surface area contributed by atoms with Crippen molar-refractivity contribution < 1.29 is 13.2 Å². The summed E-state index contributed by atoms with van der Waals surface area (Å²) in [5, 5.41) is 8.31. The molecular formula is C20H22F3N7. The van der Waals surface area contributed by atoms with Crippen molar-refractivity contribution in [3.05, 3.63) is 48.3 Å². The van der Waals surface area contributed by atoms with E-state index in [1.807, 2.05) is 9.47 Å². The van der Waals surface area contributed by atoms with Gasteiger partial charge >= 0.3 is 6.18 Å². The van der Waals surface area contributed by atoms with Crippen LogP contribution in [0.5, 0.6) is 0 Å². The minimum Gasteiger partial charge on any atom is -0.346 e. The van der Waals surface area contributed by atoms with Crippen LogP contribution in [-0.4, -0.2) is 36.3 Å². The molecule has 0 amide bonds. The zero-order valence-corrected chi connectivity index (χ0v) is 16.7. The first-order chi connectivity index (χ1) is 14.3. The standard InChI is InChI=1S/C20H22F3N7/c1-13(2)11-29-12-25-28-19(29)15-7-5-9-30(15)17-10-16(20(21,22)23)26-18(27-17)14-6-3-4-8-24-14/h3-4,6,8,10,12-13,15H,5,7,9,11H2,1-2H3. The molecule has 3 aromatic heterocycles. The van der Waals surface area contributed by atoms with Crippen LogP contribution in [0.3, 0.4) is 0 Å². The normalized spacial score (nSPS) is 17.1. The number of rotatable bonds is 5. The first-order valence-corrected chi connectivity index (χ1v) is 9.85. The summed E-state index contributed by atoms with van der Waals surface area (Å²) in [6.07, 6.45) is 0.177. The van der Waals surface area contributed by atoms with E-state index in [9.17, 15) is 13.2 Å². The number of nitrogens with zero attached hydrogens (tertiary/aromatic N) is 7. The van der Waals surface area contributed by atoms with Gasteiger partial charge in [-0.25, -0.2) is 9.97 Å². The van der Waals surface area contributed by atoms with Crippen molar-refractivity contribution in [3.63, 3.8) is 0 Å². The fourth-order valence-corrected chi connectivity index (χ4v) is 3.70. The van der Waals surface area contributed by atoms with Gasteiger partial charge in [0.05, 0.1) is 6.04 Å². The van der Waals surface area contributed by atoms with Gasteiger partial charge in [-0.3, -0.25) is 4.98 Å². The number of pyridine rings is 1. The van der Waals surface area contributed by atoms with Gasteiger partial charge in [0.15, 0.2) is 17.3 Å². The van der Waals surface area contributed by atoms with Crippen LogP contribution >= 0.6 is 0 Å². The van der Waals surface area contributed by atoms with Crippen LogP contribution in [0, 0.1) is 5.92 Å². The largest absolute Gasteiger partial charge is 0.433 e. The molecule has 0 bridgehead atoms. The summed E-state index contributed by atoms with van der Waals surface area (Å²) >= 11 is 0. The molecule has 0 aliphatic carbocycles. The molecule has 1 unspecified atom stereocenters. The van der Waals surface area contributed by atoms with Gasteiger partial charge in [-0.1, -0.05) is 19.9 Å². The van der Waals surface area contributed by atoms with E-state index >= 15 is 0 Å². The van der Waals surface area contributed by atoms with Crippen LogP contribution in [0.2, 0.25) is 0 Å². The Morgan fingerprint density at radius 2 is 2.03 bits per heavy atom. The van der Waals surface area contributed by atoms with Crippen molar-refractivity contribution in [1.29, 1.82) is 0 Å². The van der Waals surface area contributed by atoms with Gasteiger partial charge in [0.25, 0.3) is 0 Å². The Balaban J connectivity index is 1.76. The van der Waals surface area contributed by atoms with Gasteiger partial charge in [0, 0.05) is 25.4 Å². The molecule has 0 N–H and O–H groups in total. The summed E-state index contributed by atoms with van der Waals surface area (Å²) in [6.45, 7) is 5.50. The van der Waals surface area contributed by atoms with Crippen LogP contribution in [0.4, 0.5) is 19.0 Å². The van der Waals surface area contributed by atoms with E-state index < -0.39 is 11.9 Å². The fourth-order valence-electron chi connectivity index (χ4n) is 3.70. The third kappa shape index (κ3) is 4.12. The van der Waals surface area contributed by atoms with Gasteiger partial charge in [0.1, 0.15) is 17.8 Å². The van der Waals surface area contributed by atoms with Gasteiger partial charge < -0.3 is 9.47 Å². The lowest BCUT2D eigenvalue weighted by molar-refractivity contribution is -0.141. The quantitative estimate of drug-likeness (QED) is 0.621. The van der Waals surface area contributed by atoms with E-state index in [1.165, 1.54) is 6.20 Å². The zero-order valence-electron chi connectivity index (χ0n) is 16.7. The lowest BCUT2D eigenvalue weighted by atomic mass is 10.1. The molecule has 158 valence electrons. The summed E-state index contributed by atoms with van der Waals surface area (Å²) in [5.74, 6) is 1.31. The highest BCUT2D eigenvalue weighted by molar-refractivity contribution is 5.55. The van der Waals surface area contributed by atoms with Gasteiger partial charge in [-0.2, -0.15) is 13.2 Å². The Kier molecular flexibility index (Phi) is 5.40. The van der Waals surface area contributed by atoms with E-state index in [1.54, 1.807) is 24.5 Å². The summed E-state index contributed by atoms with van der Waals surface area (Å²) in [7, 11) is 0. The second kappa shape index (κ2) is 8.00. The molecule has 0 aromatic carbocycles. The summed E-state index contributed by atoms with van der Waals surface area (Å²) in [4.78, 5) is 14.2. The molecular weight excluding hydrogens is 395 g/mol. The molecule has 1 fully saturated rings. The minimum absolute atomic E-state index is 0.0466.